The summed E-state index contributed by atoms with van der Waals surface area (Å²) in [5, 5.41) is 3.09. The molecule has 0 unspecified atom stereocenters. The minimum absolute atomic E-state index is 0.0469. The zero-order valence-corrected chi connectivity index (χ0v) is 19.3. The van der Waals surface area contributed by atoms with Crippen LogP contribution in [0, 0.1) is 0 Å². The van der Waals surface area contributed by atoms with E-state index in [-0.39, 0.29) is 11.3 Å². The average Bonchev–Trinajstić information content (AvgIpc) is 2.81. The van der Waals surface area contributed by atoms with E-state index in [1.54, 1.807) is 6.08 Å². The molecule has 3 rings (SSSR count). The molecule has 1 N–H and O–H groups in total. The van der Waals surface area contributed by atoms with E-state index in [4.69, 9.17) is 4.74 Å². The number of rotatable bonds is 9. The Morgan fingerprint density at radius 3 is 2.00 bits per heavy atom. The summed E-state index contributed by atoms with van der Waals surface area (Å²) in [7, 11) is 0. The standard InChI is InChI=1S/C29H33NO2/c1-5-26(32-21-23-14-10-7-11-15-23)27(24-16-18-25(19-17-24)29(2,3)4)28(31)30-20-22-12-8-6-9-13-22/h5-19,26-27H,1,20-21H2,2-4H3,(H,30,31)/t26-,27+/m1/s1. The molecule has 0 spiro atoms. The summed E-state index contributed by atoms with van der Waals surface area (Å²) in [5.41, 5.74) is 4.31. The van der Waals surface area contributed by atoms with Crippen molar-refractivity contribution in [3.8, 4) is 0 Å². The number of nitrogens with one attached hydrogen (secondary N) is 1. The van der Waals surface area contributed by atoms with Crippen LogP contribution in [0.4, 0.5) is 0 Å². The first-order valence-corrected chi connectivity index (χ1v) is 11.1. The number of hydrogen-bond acceptors (Lipinski definition) is 2. The fraction of sp³-hybridized carbons (Fsp3) is 0.276. The summed E-state index contributed by atoms with van der Waals surface area (Å²) < 4.78 is 6.19. The SMILES string of the molecule is C=C[C@@H](OCc1ccccc1)[C@@H](C(=O)NCc1ccccc1)c1ccc(C(C)(C)C)cc1. The van der Waals surface area contributed by atoms with Gasteiger partial charge in [-0.15, -0.1) is 6.58 Å². The maximum atomic E-state index is 13.4. The molecule has 0 heterocycles. The molecule has 3 aromatic carbocycles. The fourth-order valence-electron chi connectivity index (χ4n) is 3.64. The van der Waals surface area contributed by atoms with Crippen LogP contribution in [0.3, 0.4) is 0 Å². The van der Waals surface area contributed by atoms with Crippen LogP contribution in [-0.4, -0.2) is 12.0 Å². The molecule has 0 aromatic heterocycles. The van der Waals surface area contributed by atoms with Gasteiger partial charge in [-0.3, -0.25) is 4.79 Å². The number of amides is 1. The number of hydrogen-bond donors (Lipinski definition) is 1. The topological polar surface area (TPSA) is 38.3 Å². The van der Waals surface area contributed by atoms with E-state index >= 15 is 0 Å². The molecule has 0 saturated heterocycles. The van der Waals surface area contributed by atoms with E-state index in [2.05, 4.69) is 44.8 Å². The average molecular weight is 428 g/mol. The van der Waals surface area contributed by atoms with Crippen LogP contribution in [0.25, 0.3) is 0 Å². The number of ether oxygens (including phenoxy) is 1. The van der Waals surface area contributed by atoms with E-state index in [1.807, 2.05) is 72.8 Å². The highest BCUT2D eigenvalue weighted by Gasteiger charge is 2.29. The third-order valence-electron chi connectivity index (χ3n) is 5.57. The van der Waals surface area contributed by atoms with Gasteiger partial charge >= 0.3 is 0 Å². The van der Waals surface area contributed by atoms with Gasteiger partial charge in [-0.2, -0.15) is 0 Å². The first kappa shape index (κ1) is 23.5. The Bertz CT molecular complexity index is 989. The number of carbonyl (C=O) groups excluding carboxylic acids is 1. The Hall–Kier alpha value is -3.17. The maximum absolute atomic E-state index is 13.4. The third kappa shape index (κ3) is 6.41. The van der Waals surface area contributed by atoms with Gasteiger partial charge in [0.15, 0.2) is 0 Å². The highest BCUT2D eigenvalue weighted by Crippen LogP contribution is 2.28. The van der Waals surface area contributed by atoms with Gasteiger partial charge in [0.25, 0.3) is 0 Å². The van der Waals surface area contributed by atoms with Gasteiger partial charge in [0.1, 0.15) is 0 Å². The quantitative estimate of drug-likeness (QED) is 0.416. The van der Waals surface area contributed by atoms with Crippen LogP contribution in [0.15, 0.2) is 97.6 Å². The Morgan fingerprint density at radius 1 is 0.906 bits per heavy atom. The van der Waals surface area contributed by atoms with E-state index < -0.39 is 12.0 Å². The lowest BCUT2D eigenvalue weighted by Crippen LogP contribution is -2.36. The molecule has 1 amide bonds. The summed E-state index contributed by atoms with van der Waals surface area (Å²) in [6.07, 6.45) is 1.28. The van der Waals surface area contributed by atoms with Crippen LogP contribution >= 0.6 is 0 Å². The van der Waals surface area contributed by atoms with Crippen molar-refractivity contribution < 1.29 is 9.53 Å². The van der Waals surface area contributed by atoms with Gasteiger partial charge in [0.05, 0.1) is 18.6 Å². The maximum Gasteiger partial charge on any atom is 0.230 e. The molecule has 0 bridgehead atoms. The molecule has 3 nitrogen and oxygen atoms in total. The fourth-order valence-corrected chi connectivity index (χ4v) is 3.64. The Labute approximate surface area is 192 Å². The van der Waals surface area contributed by atoms with Crippen LogP contribution in [0.1, 0.15) is 48.9 Å². The Balaban J connectivity index is 1.83. The van der Waals surface area contributed by atoms with Crippen molar-refractivity contribution in [3.63, 3.8) is 0 Å². The summed E-state index contributed by atoms with van der Waals surface area (Å²) in [5.74, 6) is -0.565. The van der Waals surface area contributed by atoms with Gasteiger partial charge < -0.3 is 10.1 Å². The van der Waals surface area contributed by atoms with Crippen LogP contribution < -0.4 is 5.32 Å². The molecule has 3 aromatic rings. The molecule has 0 fully saturated rings. The minimum atomic E-state index is -0.492. The Morgan fingerprint density at radius 2 is 1.47 bits per heavy atom. The number of benzene rings is 3. The van der Waals surface area contributed by atoms with Crippen molar-refractivity contribution in [1.29, 1.82) is 0 Å². The highest BCUT2D eigenvalue weighted by atomic mass is 16.5. The molecule has 3 heteroatoms. The van der Waals surface area contributed by atoms with Gasteiger partial charge in [-0.25, -0.2) is 0 Å². The van der Waals surface area contributed by atoms with Crippen molar-refractivity contribution in [1.82, 2.24) is 5.32 Å². The van der Waals surface area contributed by atoms with Gasteiger partial charge in [0, 0.05) is 6.54 Å². The second-order valence-corrected chi connectivity index (χ2v) is 9.05. The smallest absolute Gasteiger partial charge is 0.230 e. The van der Waals surface area contributed by atoms with Crippen molar-refractivity contribution in [3.05, 3.63) is 120 Å². The van der Waals surface area contributed by atoms with Crippen LogP contribution in [0.5, 0.6) is 0 Å². The van der Waals surface area contributed by atoms with Crippen molar-refractivity contribution in [2.75, 3.05) is 0 Å². The second kappa shape index (κ2) is 10.9. The van der Waals surface area contributed by atoms with Crippen LogP contribution in [-0.2, 0) is 28.1 Å². The monoisotopic (exact) mass is 427 g/mol. The van der Waals surface area contributed by atoms with Crippen molar-refractivity contribution in [2.45, 2.75) is 51.4 Å². The summed E-state index contributed by atoms with van der Waals surface area (Å²) in [6, 6.07) is 28.2. The molecule has 0 aliphatic carbocycles. The van der Waals surface area contributed by atoms with Gasteiger partial charge in [-0.1, -0.05) is 112 Å². The molecule has 0 saturated carbocycles. The predicted octanol–water partition coefficient (Wildman–Crippen LogP) is 6.16. The predicted molar refractivity (Wildman–Crippen MR) is 131 cm³/mol. The zero-order chi connectivity index (χ0) is 23.0. The zero-order valence-electron chi connectivity index (χ0n) is 19.3. The van der Waals surface area contributed by atoms with Crippen molar-refractivity contribution in [2.24, 2.45) is 0 Å². The lowest BCUT2D eigenvalue weighted by Gasteiger charge is -2.26. The Kier molecular flexibility index (Phi) is 8.02. The van der Waals surface area contributed by atoms with Gasteiger partial charge in [0.2, 0.25) is 5.91 Å². The summed E-state index contributed by atoms with van der Waals surface area (Å²) in [4.78, 5) is 13.4. The molecule has 0 aliphatic heterocycles. The highest BCUT2D eigenvalue weighted by molar-refractivity contribution is 5.84. The second-order valence-electron chi connectivity index (χ2n) is 9.05. The van der Waals surface area contributed by atoms with E-state index in [9.17, 15) is 4.79 Å². The normalized spacial score (nSPS) is 13.2. The van der Waals surface area contributed by atoms with E-state index in [0.29, 0.717) is 13.2 Å². The molecule has 2 atom stereocenters. The summed E-state index contributed by atoms with van der Waals surface area (Å²) in [6.45, 7) is 11.4. The first-order valence-electron chi connectivity index (χ1n) is 11.1. The first-order chi connectivity index (χ1) is 15.4. The summed E-state index contributed by atoms with van der Waals surface area (Å²) >= 11 is 0. The third-order valence-corrected chi connectivity index (χ3v) is 5.57. The molecular formula is C29H33NO2. The lowest BCUT2D eigenvalue weighted by atomic mass is 9.84. The van der Waals surface area contributed by atoms with Crippen LogP contribution in [0.2, 0.25) is 0 Å². The molecule has 0 radical (unpaired) electrons. The molecule has 0 aliphatic rings. The molecule has 32 heavy (non-hydrogen) atoms. The van der Waals surface area contributed by atoms with E-state index in [0.717, 1.165) is 16.7 Å². The largest absolute Gasteiger partial charge is 0.368 e. The van der Waals surface area contributed by atoms with E-state index in [1.165, 1.54) is 5.56 Å². The van der Waals surface area contributed by atoms with Crippen molar-refractivity contribution >= 4 is 5.91 Å². The molecular weight excluding hydrogens is 394 g/mol. The lowest BCUT2D eigenvalue weighted by molar-refractivity contribution is -0.125. The van der Waals surface area contributed by atoms with Gasteiger partial charge in [-0.05, 0) is 27.7 Å². The molecule has 166 valence electrons. The number of carbonyl (C=O) groups is 1. The minimum Gasteiger partial charge on any atom is -0.368 e.